The maximum atomic E-state index is 10.8. The molecule has 0 fully saturated rings. The number of aryl methyl sites for hydroxylation is 1. The van der Waals surface area contributed by atoms with Crippen LogP contribution in [-0.4, -0.2) is 5.11 Å². The maximum absolute atomic E-state index is 10.8. The van der Waals surface area contributed by atoms with Gasteiger partial charge in [-0.05, 0) is 35.4 Å². The highest BCUT2D eigenvalue weighted by Crippen LogP contribution is 2.42. The Balaban J connectivity index is 2.37. The number of rotatable bonds is 3. The number of hydrogen-bond acceptors (Lipinski definition) is 2. The lowest BCUT2D eigenvalue weighted by Gasteiger charge is -2.28. The summed E-state index contributed by atoms with van der Waals surface area (Å²) in [5.41, 5.74) is 4.52. The van der Waals surface area contributed by atoms with E-state index in [1.165, 1.54) is 16.0 Å². The first-order valence-electron chi connectivity index (χ1n) is 8.55. The quantitative estimate of drug-likeness (QED) is 0.635. The average Bonchev–Trinajstić information content (AvgIpc) is 2.45. The highest BCUT2D eigenvalue weighted by Gasteiger charge is 2.26. The Morgan fingerprint density at radius 1 is 0.833 bits per heavy atom. The van der Waals surface area contributed by atoms with E-state index in [1.807, 2.05) is 11.8 Å². The molecule has 24 heavy (non-hydrogen) atoms. The van der Waals surface area contributed by atoms with Crippen molar-refractivity contribution < 1.29 is 5.11 Å². The lowest BCUT2D eigenvalue weighted by atomic mass is 9.79. The lowest BCUT2D eigenvalue weighted by molar-refractivity contribution is 0.422. The van der Waals surface area contributed by atoms with Crippen LogP contribution in [0.2, 0.25) is 0 Å². The van der Waals surface area contributed by atoms with Gasteiger partial charge in [-0.1, -0.05) is 71.4 Å². The van der Waals surface area contributed by atoms with Crippen LogP contribution >= 0.6 is 11.8 Å². The van der Waals surface area contributed by atoms with Crippen molar-refractivity contribution in [3.63, 3.8) is 0 Å². The van der Waals surface area contributed by atoms with Crippen molar-refractivity contribution in [2.24, 2.45) is 0 Å². The molecule has 0 aliphatic carbocycles. The summed E-state index contributed by atoms with van der Waals surface area (Å²) < 4.78 is 0. The number of phenolic OH excluding ortho intramolecular Hbond substituents is 1. The van der Waals surface area contributed by atoms with Gasteiger partial charge in [-0.3, -0.25) is 0 Å². The highest BCUT2D eigenvalue weighted by molar-refractivity contribution is 7.98. The van der Waals surface area contributed by atoms with Crippen LogP contribution in [0.25, 0.3) is 0 Å². The first-order chi connectivity index (χ1) is 11.0. The van der Waals surface area contributed by atoms with Crippen LogP contribution in [0, 0.1) is 6.92 Å². The number of aromatic hydroxyl groups is 1. The fraction of sp³-hybridized carbons (Fsp3) is 0.455. The average molecular weight is 343 g/mol. The van der Waals surface area contributed by atoms with Gasteiger partial charge in [0.25, 0.3) is 0 Å². The second kappa shape index (κ2) is 6.84. The molecule has 0 unspecified atom stereocenters. The van der Waals surface area contributed by atoms with E-state index in [2.05, 4.69) is 84.9 Å². The van der Waals surface area contributed by atoms with Crippen LogP contribution in [0.15, 0.2) is 41.3 Å². The number of benzene rings is 2. The zero-order valence-corrected chi connectivity index (χ0v) is 16.8. The number of phenols is 1. The molecule has 0 aliphatic heterocycles. The van der Waals surface area contributed by atoms with Gasteiger partial charge in [0.15, 0.2) is 0 Å². The third-order valence-corrected chi connectivity index (χ3v) is 5.27. The molecule has 1 nitrogen and oxygen atoms in total. The Bertz CT molecular complexity index is 665. The predicted molar refractivity (Wildman–Crippen MR) is 106 cm³/mol. The van der Waals surface area contributed by atoms with Gasteiger partial charge in [-0.15, -0.1) is 11.8 Å². The SMILES string of the molecule is Cc1ccc(CSc2cc(C(C)(C)C)c(O)c(C(C)(C)C)c2)cc1. The van der Waals surface area contributed by atoms with Crippen molar-refractivity contribution in [1.29, 1.82) is 0 Å². The normalized spacial score (nSPS) is 12.5. The third-order valence-electron chi connectivity index (χ3n) is 4.23. The van der Waals surface area contributed by atoms with Crippen LogP contribution in [0.3, 0.4) is 0 Å². The first kappa shape index (κ1) is 18.9. The summed E-state index contributed by atoms with van der Waals surface area (Å²) in [7, 11) is 0. The van der Waals surface area contributed by atoms with Crippen molar-refractivity contribution in [3.05, 3.63) is 58.7 Å². The van der Waals surface area contributed by atoms with Gasteiger partial charge in [0.1, 0.15) is 5.75 Å². The second-order valence-electron chi connectivity index (χ2n) is 8.64. The standard InChI is InChI=1S/C22H30OS/c1-15-8-10-16(11-9-15)14-24-17-12-18(21(2,3)4)20(23)19(13-17)22(5,6)7/h8-13,23H,14H2,1-7H3. The van der Waals surface area contributed by atoms with Gasteiger partial charge in [-0.25, -0.2) is 0 Å². The largest absolute Gasteiger partial charge is 0.507 e. The predicted octanol–water partition coefficient (Wildman–Crippen LogP) is 6.59. The molecule has 0 spiro atoms. The molecule has 2 heteroatoms. The zero-order chi connectivity index (χ0) is 18.1. The van der Waals surface area contributed by atoms with E-state index in [1.54, 1.807) is 0 Å². The van der Waals surface area contributed by atoms with E-state index >= 15 is 0 Å². The minimum atomic E-state index is -0.0789. The molecule has 0 saturated heterocycles. The van der Waals surface area contributed by atoms with Crippen LogP contribution in [0.1, 0.15) is 63.8 Å². The molecule has 1 N–H and O–H groups in total. The molecular weight excluding hydrogens is 312 g/mol. The molecule has 0 atom stereocenters. The summed E-state index contributed by atoms with van der Waals surface area (Å²) in [6, 6.07) is 13.0. The number of hydrogen-bond donors (Lipinski definition) is 1. The van der Waals surface area contributed by atoms with Crippen LogP contribution < -0.4 is 0 Å². The molecular formula is C22H30OS. The van der Waals surface area contributed by atoms with Crippen molar-refractivity contribution in [2.45, 2.75) is 69.9 Å². The summed E-state index contributed by atoms with van der Waals surface area (Å²) in [6.45, 7) is 15.0. The van der Waals surface area contributed by atoms with Crippen molar-refractivity contribution in [1.82, 2.24) is 0 Å². The second-order valence-corrected chi connectivity index (χ2v) is 9.69. The molecule has 0 bridgehead atoms. The maximum Gasteiger partial charge on any atom is 0.123 e. The summed E-state index contributed by atoms with van der Waals surface area (Å²) in [5.74, 6) is 1.40. The monoisotopic (exact) mass is 342 g/mol. The van der Waals surface area contributed by atoms with E-state index in [0.717, 1.165) is 16.9 Å². The van der Waals surface area contributed by atoms with E-state index in [4.69, 9.17) is 0 Å². The summed E-state index contributed by atoms with van der Waals surface area (Å²) >= 11 is 1.84. The van der Waals surface area contributed by atoms with Crippen LogP contribution in [0.5, 0.6) is 5.75 Å². The van der Waals surface area contributed by atoms with E-state index < -0.39 is 0 Å². The summed E-state index contributed by atoms with van der Waals surface area (Å²) in [5, 5.41) is 10.8. The van der Waals surface area contributed by atoms with Crippen LogP contribution in [-0.2, 0) is 16.6 Å². The number of thioether (sulfide) groups is 1. The molecule has 0 aliphatic rings. The molecule has 2 aromatic rings. The van der Waals surface area contributed by atoms with Gasteiger partial charge in [0.05, 0.1) is 0 Å². The van der Waals surface area contributed by atoms with Crippen molar-refractivity contribution >= 4 is 11.8 Å². The molecule has 0 heterocycles. The van der Waals surface area contributed by atoms with Gasteiger partial charge in [0, 0.05) is 21.8 Å². The summed E-state index contributed by atoms with van der Waals surface area (Å²) in [4.78, 5) is 1.23. The Kier molecular flexibility index (Phi) is 5.39. The Morgan fingerprint density at radius 3 is 1.71 bits per heavy atom. The van der Waals surface area contributed by atoms with Gasteiger partial charge in [0.2, 0.25) is 0 Å². The molecule has 2 rings (SSSR count). The third kappa shape index (κ3) is 4.57. The molecule has 0 amide bonds. The van der Waals surface area contributed by atoms with Crippen LogP contribution in [0.4, 0.5) is 0 Å². The first-order valence-corrected chi connectivity index (χ1v) is 9.53. The van der Waals surface area contributed by atoms with E-state index in [-0.39, 0.29) is 10.8 Å². The fourth-order valence-corrected chi connectivity index (χ4v) is 3.61. The molecule has 0 saturated carbocycles. The Labute approximate surface area is 151 Å². The van der Waals surface area contributed by atoms with Gasteiger partial charge >= 0.3 is 0 Å². The van der Waals surface area contributed by atoms with E-state index in [0.29, 0.717) is 5.75 Å². The molecule has 130 valence electrons. The summed E-state index contributed by atoms with van der Waals surface area (Å²) in [6.07, 6.45) is 0. The smallest absolute Gasteiger partial charge is 0.123 e. The van der Waals surface area contributed by atoms with Crippen molar-refractivity contribution in [2.75, 3.05) is 0 Å². The highest BCUT2D eigenvalue weighted by atomic mass is 32.2. The molecule has 2 aromatic carbocycles. The molecule has 0 radical (unpaired) electrons. The fourth-order valence-electron chi connectivity index (χ4n) is 2.69. The van der Waals surface area contributed by atoms with E-state index in [9.17, 15) is 5.11 Å². The zero-order valence-electron chi connectivity index (χ0n) is 16.0. The van der Waals surface area contributed by atoms with Gasteiger partial charge < -0.3 is 5.11 Å². The minimum Gasteiger partial charge on any atom is -0.507 e. The Morgan fingerprint density at radius 2 is 1.29 bits per heavy atom. The Hall–Kier alpha value is -1.41. The lowest BCUT2D eigenvalue weighted by Crippen LogP contribution is -2.17. The van der Waals surface area contributed by atoms with Crippen molar-refractivity contribution in [3.8, 4) is 5.75 Å². The van der Waals surface area contributed by atoms with Gasteiger partial charge in [-0.2, -0.15) is 0 Å². The molecule has 0 aromatic heterocycles. The minimum absolute atomic E-state index is 0.0789. The topological polar surface area (TPSA) is 20.2 Å².